The molecule has 1 atom stereocenters. The predicted molar refractivity (Wildman–Crippen MR) is 68.6 cm³/mol. The van der Waals surface area contributed by atoms with Gasteiger partial charge in [-0.3, -0.25) is 0 Å². The largest absolute Gasteiger partial charge is 0.246 e. The third kappa shape index (κ3) is 3.07. The second-order valence-corrected chi connectivity index (χ2v) is 6.85. The quantitative estimate of drug-likeness (QED) is 0.802. The standard InChI is InChI=1S/C12H14ClF2NO2S/c13-5-3-9-4-6-16(8-9)19(17,18)12-7-10(14)1-2-11(12)15/h1-2,7,9H,3-6,8H2. The molecule has 1 aliphatic heterocycles. The topological polar surface area (TPSA) is 37.4 Å². The maximum absolute atomic E-state index is 13.6. The van der Waals surface area contributed by atoms with Crippen LogP contribution < -0.4 is 0 Å². The molecule has 0 bridgehead atoms. The third-order valence-corrected chi connectivity index (χ3v) is 5.38. The monoisotopic (exact) mass is 309 g/mol. The first kappa shape index (κ1) is 14.7. The number of hydrogen-bond acceptors (Lipinski definition) is 2. The molecule has 0 aliphatic carbocycles. The van der Waals surface area contributed by atoms with Crippen LogP contribution in [-0.2, 0) is 10.0 Å². The van der Waals surface area contributed by atoms with E-state index in [0.717, 1.165) is 24.6 Å². The van der Waals surface area contributed by atoms with Gasteiger partial charge in [-0.2, -0.15) is 4.31 Å². The number of alkyl halides is 1. The van der Waals surface area contributed by atoms with Crippen LogP contribution in [0.4, 0.5) is 8.78 Å². The van der Waals surface area contributed by atoms with E-state index >= 15 is 0 Å². The Labute approximate surface area is 116 Å². The minimum atomic E-state index is -3.97. The van der Waals surface area contributed by atoms with Crippen molar-refractivity contribution in [2.45, 2.75) is 17.7 Å². The molecule has 1 fully saturated rings. The summed E-state index contributed by atoms with van der Waals surface area (Å²) in [5.41, 5.74) is 0. The summed E-state index contributed by atoms with van der Waals surface area (Å²) in [5.74, 6) is -1.05. The van der Waals surface area contributed by atoms with Crippen LogP contribution in [0.2, 0.25) is 0 Å². The molecule has 7 heteroatoms. The molecule has 0 aromatic heterocycles. The van der Waals surface area contributed by atoms with Crippen molar-refractivity contribution in [2.75, 3.05) is 19.0 Å². The zero-order valence-electron chi connectivity index (χ0n) is 10.2. The molecule has 2 rings (SSSR count). The van der Waals surface area contributed by atoms with Crippen molar-refractivity contribution in [3.63, 3.8) is 0 Å². The van der Waals surface area contributed by atoms with Crippen LogP contribution in [0.3, 0.4) is 0 Å². The van der Waals surface area contributed by atoms with Gasteiger partial charge in [0.1, 0.15) is 16.5 Å². The molecule has 0 N–H and O–H groups in total. The highest BCUT2D eigenvalue weighted by Gasteiger charge is 2.34. The predicted octanol–water partition coefficient (Wildman–Crippen LogP) is 2.60. The average Bonchev–Trinajstić information content (AvgIpc) is 2.82. The molecule has 1 heterocycles. The summed E-state index contributed by atoms with van der Waals surface area (Å²) in [6.07, 6.45) is 1.42. The molecule has 0 spiro atoms. The highest BCUT2D eigenvalue weighted by Crippen LogP contribution is 2.27. The normalized spacial score (nSPS) is 20.9. The highest BCUT2D eigenvalue weighted by molar-refractivity contribution is 7.89. The first-order chi connectivity index (χ1) is 8.95. The summed E-state index contributed by atoms with van der Waals surface area (Å²) in [4.78, 5) is -0.598. The Balaban J connectivity index is 2.26. The minimum Gasteiger partial charge on any atom is -0.207 e. The van der Waals surface area contributed by atoms with Gasteiger partial charge in [-0.1, -0.05) is 0 Å². The molecule has 3 nitrogen and oxygen atoms in total. The molecule has 19 heavy (non-hydrogen) atoms. The lowest BCUT2D eigenvalue weighted by Gasteiger charge is -2.17. The second kappa shape index (κ2) is 5.73. The van der Waals surface area contributed by atoms with Crippen LogP contribution in [-0.4, -0.2) is 31.7 Å². The third-order valence-electron chi connectivity index (χ3n) is 3.28. The molecular formula is C12H14ClF2NO2S. The Hall–Kier alpha value is -0.720. The Kier molecular flexibility index (Phi) is 4.43. The fourth-order valence-corrected chi connectivity index (χ4v) is 4.13. The van der Waals surface area contributed by atoms with Crippen molar-refractivity contribution in [3.05, 3.63) is 29.8 Å². The van der Waals surface area contributed by atoms with E-state index in [2.05, 4.69) is 0 Å². The molecule has 0 amide bonds. The van der Waals surface area contributed by atoms with Gasteiger partial charge < -0.3 is 0 Å². The van der Waals surface area contributed by atoms with Crippen LogP contribution >= 0.6 is 11.6 Å². The van der Waals surface area contributed by atoms with Crippen LogP contribution in [0.25, 0.3) is 0 Å². The summed E-state index contributed by atoms with van der Waals surface area (Å²) in [6, 6.07) is 2.45. The number of hydrogen-bond donors (Lipinski definition) is 0. The van der Waals surface area contributed by atoms with Crippen molar-refractivity contribution in [1.82, 2.24) is 4.31 Å². The van der Waals surface area contributed by atoms with Gasteiger partial charge in [0.05, 0.1) is 0 Å². The maximum atomic E-state index is 13.6. The lowest BCUT2D eigenvalue weighted by atomic mass is 10.1. The number of rotatable bonds is 4. The molecule has 0 radical (unpaired) electrons. The van der Waals surface area contributed by atoms with Gasteiger partial charge in [-0.25, -0.2) is 17.2 Å². The molecule has 106 valence electrons. The lowest BCUT2D eigenvalue weighted by molar-refractivity contribution is 0.447. The number of sulfonamides is 1. The molecule has 1 unspecified atom stereocenters. The van der Waals surface area contributed by atoms with Gasteiger partial charge in [0.2, 0.25) is 10.0 Å². The van der Waals surface area contributed by atoms with E-state index in [0.29, 0.717) is 25.4 Å². The van der Waals surface area contributed by atoms with Crippen LogP contribution in [0.15, 0.2) is 23.1 Å². The first-order valence-electron chi connectivity index (χ1n) is 5.96. The summed E-state index contributed by atoms with van der Waals surface area (Å²) in [5, 5.41) is 0. The van der Waals surface area contributed by atoms with E-state index in [1.807, 2.05) is 0 Å². The minimum absolute atomic E-state index is 0.184. The average molecular weight is 310 g/mol. The van der Waals surface area contributed by atoms with Crippen molar-refractivity contribution >= 4 is 21.6 Å². The summed E-state index contributed by atoms with van der Waals surface area (Å²) < 4.78 is 52.3. The molecular weight excluding hydrogens is 296 g/mol. The molecule has 1 saturated heterocycles. The van der Waals surface area contributed by atoms with E-state index in [1.165, 1.54) is 4.31 Å². The Morgan fingerprint density at radius 3 is 2.79 bits per heavy atom. The number of halogens is 3. The van der Waals surface area contributed by atoms with Crippen molar-refractivity contribution < 1.29 is 17.2 Å². The van der Waals surface area contributed by atoms with E-state index < -0.39 is 26.6 Å². The molecule has 1 aliphatic rings. The fraction of sp³-hybridized carbons (Fsp3) is 0.500. The van der Waals surface area contributed by atoms with Crippen LogP contribution in [0, 0.1) is 17.6 Å². The summed E-state index contributed by atoms with van der Waals surface area (Å²) in [6.45, 7) is 0.630. The van der Waals surface area contributed by atoms with E-state index in [9.17, 15) is 17.2 Å². The molecule has 1 aromatic rings. The van der Waals surface area contributed by atoms with Crippen molar-refractivity contribution in [3.8, 4) is 0 Å². The SMILES string of the molecule is O=S(=O)(c1cc(F)ccc1F)N1CCC(CCCl)C1. The zero-order valence-corrected chi connectivity index (χ0v) is 11.7. The van der Waals surface area contributed by atoms with Gasteiger partial charge in [-0.15, -0.1) is 11.6 Å². The van der Waals surface area contributed by atoms with Crippen LogP contribution in [0.1, 0.15) is 12.8 Å². The Morgan fingerprint density at radius 1 is 1.37 bits per heavy atom. The van der Waals surface area contributed by atoms with Gasteiger partial charge in [-0.05, 0) is 37.0 Å². The van der Waals surface area contributed by atoms with Crippen molar-refractivity contribution in [2.24, 2.45) is 5.92 Å². The molecule has 1 aromatic carbocycles. The van der Waals surface area contributed by atoms with E-state index in [-0.39, 0.29) is 5.92 Å². The zero-order chi connectivity index (χ0) is 14.0. The lowest BCUT2D eigenvalue weighted by Crippen LogP contribution is -2.29. The Bertz CT molecular complexity index is 565. The van der Waals surface area contributed by atoms with Crippen LogP contribution in [0.5, 0.6) is 0 Å². The van der Waals surface area contributed by atoms with Crippen molar-refractivity contribution in [1.29, 1.82) is 0 Å². The molecule has 0 saturated carbocycles. The number of nitrogens with zero attached hydrogens (tertiary/aromatic N) is 1. The van der Waals surface area contributed by atoms with E-state index in [1.54, 1.807) is 0 Å². The van der Waals surface area contributed by atoms with Gasteiger partial charge in [0.15, 0.2) is 0 Å². The first-order valence-corrected chi connectivity index (χ1v) is 7.94. The van der Waals surface area contributed by atoms with Gasteiger partial charge in [0, 0.05) is 19.0 Å². The smallest absolute Gasteiger partial charge is 0.207 e. The maximum Gasteiger partial charge on any atom is 0.246 e. The summed E-state index contributed by atoms with van der Waals surface area (Å²) in [7, 11) is -3.97. The van der Waals surface area contributed by atoms with E-state index in [4.69, 9.17) is 11.6 Å². The van der Waals surface area contributed by atoms with Gasteiger partial charge >= 0.3 is 0 Å². The summed E-state index contributed by atoms with van der Waals surface area (Å²) >= 11 is 5.63. The highest BCUT2D eigenvalue weighted by atomic mass is 35.5. The fourth-order valence-electron chi connectivity index (χ4n) is 2.22. The van der Waals surface area contributed by atoms with Gasteiger partial charge in [0.25, 0.3) is 0 Å². The number of benzene rings is 1. The second-order valence-electron chi connectivity index (χ2n) is 4.57. The Morgan fingerprint density at radius 2 is 2.11 bits per heavy atom.